The first-order chi connectivity index (χ1) is 6.33. The minimum Gasteiger partial charge on any atom is -0.313 e. The van der Waals surface area contributed by atoms with Gasteiger partial charge in [-0.05, 0) is 38.1 Å². The monoisotopic (exact) mass is 181 g/mol. The number of hydrogen-bond donors (Lipinski definition) is 1. The van der Waals surface area contributed by atoms with Crippen molar-refractivity contribution in [1.29, 1.82) is 0 Å². The highest BCUT2D eigenvalue weighted by atomic mass is 14.9. The van der Waals surface area contributed by atoms with Crippen molar-refractivity contribution in [2.75, 3.05) is 6.54 Å². The zero-order chi connectivity index (χ0) is 9.52. The van der Waals surface area contributed by atoms with E-state index in [1.807, 2.05) is 0 Å². The molecule has 1 heteroatoms. The lowest BCUT2D eigenvalue weighted by molar-refractivity contribution is 0.486. The minimum absolute atomic E-state index is 0.743. The molecule has 1 heterocycles. The Labute approximate surface area is 82.6 Å². The quantitative estimate of drug-likeness (QED) is 0.660. The predicted octanol–water partition coefficient (Wildman–Crippen LogP) is 3.12. The third-order valence-corrected chi connectivity index (χ3v) is 2.83. The van der Waals surface area contributed by atoms with Gasteiger partial charge in [-0.2, -0.15) is 0 Å². The van der Waals surface area contributed by atoms with Gasteiger partial charge in [0, 0.05) is 6.04 Å². The topological polar surface area (TPSA) is 12.0 Å². The molecule has 0 radical (unpaired) electrons. The molecule has 0 aromatic heterocycles. The summed E-state index contributed by atoms with van der Waals surface area (Å²) >= 11 is 0. The summed E-state index contributed by atoms with van der Waals surface area (Å²) in [6.45, 7) is 5.75. The molecule has 0 aliphatic carbocycles. The summed E-state index contributed by atoms with van der Waals surface area (Å²) in [4.78, 5) is 0. The van der Waals surface area contributed by atoms with Crippen LogP contribution in [0.2, 0.25) is 0 Å². The van der Waals surface area contributed by atoms with Crippen LogP contribution in [0.3, 0.4) is 0 Å². The molecule has 1 N–H and O–H groups in total. The van der Waals surface area contributed by atoms with Gasteiger partial charge in [0.05, 0.1) is 0 Å². The van der Waals surface area contributed by atoms with Crippen LogP contribution in [0.4, 0.5) is 0 Å². The minimum atomic E-state index is 0.743. The highest BCUT2D eigenvalue weighted by molar-refractivity contribution is 4.86. The zero-order valence-electron chi connectivity index (χ0n) is 9.05. The Morgan fingerprint density at radius 1 is 1.31 bits per heavy atom. The highest BCUT2D eigenvalue weighted by Crippen LogP contribution is 2.15. The molecule has 0 bridgehead atoms. The summed E-state index contributed by atoms with van der Waals surface area (Å²) in [5, 5.41) is 3.64. The van der Waals surface area contributed by atoms with E-state index in [2.05, 4.69) is 31.3 Å². The van der Waals surface area contributed by atoms with E-state index in [9.17, 15) is 0 Å². The smallest absolute Gasteiger partial charge is 0.0102 e. The van der Waals surface area contributed by atoms with Crippen molar-refractivity contribution in [3.05, 3.63) is 12.2 Å². The number of hydrogen-bond acceptors (Lipinski definition) is 1. The molecule has 13 heavy (non-hydrogen) atoms. The van der Waals surface area contributed by atoms with Crippen molar-refractivity contribution in [3.63, 3.8) is 0 Å². The second-order valence-corrected chi connectivity index (χ2v) is 4.26. The van der Waals surface area contributed by atoms with E-state index in [1.54, 1.807) is 0 Å². The summed E-state index contributed by atoms with van der Waals surface area (Å²) in [6.07, 6.45) is 11.2. The van der Waals surface area contributed by atoms with Crippen LogP contribution in [0, 0.1) is 5.92 Å². The lowest BCUT2D eigenvalue weighted by Crippen LogP contribution is -2.29. The Balaban J connectivity index is 2.21. The molecule has 1 nitrogen and oxygen atoms in total. The fraction of sp³-hybridized carbons (Fsp3) is 0.833. The average molecular weight is 181 g/mol. The molecule has 1 rings (SSSR count). The van der Waals surface area contributed by atoms with Crippen molar-refractivity contribution >= 4 is 0 Å². The molecular formula is C12H23N. The molecule has 2 atom stereocenters. The van der Waals surface area contributed by atoms with Crippen molar-refractivity contribution in [2.45, 2.75) is 52.0 Å². The van der Waals surface area contributed by atoms with Gasteiger partial charge in [-0.15, -0.1) is 0 Å². The van der Waals surface area contributed by atoms with Gasteiger partial charge in [-0.3, -0.25) is 0 Å². The molecule has 0 aromatic carbocycles. The zero-order valence-corrected chi connectivity index (χ0v) is 9.05. The van der Waals surface area contributed by atoms with E-state index >= 15 is 0 Å². The second kappa shape index (κ2) is 6.20. The molecular weight excluding hydrogens is 158 g/mol. The van der Waals surface area contributed by atoms with Crippen molar-refractivity contribution in [3.8, 4) is 0 Å². The molecule has 1 saturated heterocycles. The van der Waals surface area contributed by atoms with Gasteiger partial charge in [0.2, 0.25) is 0 Å². The first-order valence-corrected chi connectivity index (χ1v) is 5.71. The SMILES string of the molecule is CC/C=C\CC1CCCC(C)CN1. The summed E-state index contributed by atoms with van der Waals surface area (Å²) in [7, 11) is 0. The van der Waals surface area contributed by atoms with Gasteiger partial charge in [0.1, 0.15) is 0 Å². The van der Waals surface area contributed by atoms with Crippen LogP contribution in [0.15, 0.2) is 12.2 Å². The first kappa shape index (κ1) is 10.8. The highest BCUT2D eigenvalue weighted by Gasteiger charge is 2.13. The van der Waals surface area contributed by atoms with Gasteiger partial charge >= 0.3 is 0 Å². The molecule has 0 spiro atoms. The Morgan fingerprint density at radius 2 is 2.15 bits per heavy atom. The Kier molecular flexibility index (Phi) is 5.14. The maximum absolute atomic E-state index is 3.64. The largest absolute Gasteiger partial charge is 0.313 e. The van der Waals surface area contributed by atoms with Crippen LogP contribution in [0.1, 0.15) is 46.0 Å². The van der Waals surface area contributed by atoms with Crippen LogP contribution in [-0.2, 0) is 0 Å². The van der Waals surface area contributed by atoms with Gasteiger partial charge < -0.3 is 5.32 Å². The fourth-order valence-electron chi connectivity index (χ4n) is 1.91. The third kappa shape index (κ3) is 4.47. The maximum Gasteiger partial charge on any atom is 0.0102 e. The van der Waals surface area contributed by atoms with E-state index in [1.165, 1.54) is 38.6 Å². The third-order valence-electron chi connectivity index (χ3n) is 2.83. The molecule has 2 unspecified atom stereocenters. The molecule has 0 aromatic rings. The van der Waals surface area contributed by atoms with E-state index < -0.39 is 0 Å². The van der Waals surface area contributed by atoms with Crippen LogP contribution in [0.25, 0.3) is 0 Å². The summed E-state index contributed by atoms with van der Waals surface area (Å²) in [5.74, 6) is 0.875. The normalized spacial score (nSPS) is 30.6. The Morgan fingerprint density at radius 3 is 2.92 bits per heavy atom. The molecule has 1 aliphatic rings. The second-order valence-electron chi connectivity index (χ2n) is 4.26. The van der Waals surface area contributed by atoms with Crippen molar-refractivity contribution in [1.82, 2.24) is 5.32 Å². The molecule has 1 fully saturated rings. The molecule has 1 aliphatic heterocycles. The first-order valence-electron chi connectivity index (χ1n) is 5.71. The Hall–Kier alpha value is -0.300. The maximum atomic E-state index is 3.64. The fourth-order valence-corrected chi connectivity index (χ4v) is 1.91. The van der Waals surface area contributed by atoms with E-state index in [0.29, 0.717) is 0 Å². The van der Waals surface area contributed by atoms with Gasteiger partial charge in [0.15, 0.2) is 0 Å². The number of nitrogens with one attached hydrogen (secondary N) is 1. The predicted molar refractivity (Wildman–Crippen MR) is 58.9 cm³/mol. The Bertz CT molecular complexity index is 151. The molecule has 0 amide bonds. The molecule has 76 valence electrons. The summed E-state index contributed by atoms with van der Waals surface area (Å²) < 4.78 is 0. The van der Waals surface area contributed by atoms with Crippen molar-refractivity contribution in [2.24, 2.45) is 5.92 Å². The lowest BCUT2D eigenvalue weighted by Gasteiger charge is -2.13. The summed E-state index contributed by atoms with van der Waals surface area (Å²) in [6, 6.07) is 0.743. The van der Waals surface area contributed by atoms with Crippen molar-refractivity contribution < 1.29 is 0 Å². The van der Waals surface area contributed by atoms with Gasteiger partial charge in [-0.25, -0.2) is 0 Å². The van der Waals surface area contributed by atoms with Crippen LogP contribution >= 0.6 is 0 Å². The lowest BCUT2D eigenvalue weighted by atomic mass is 10.0. The van der Waals surface area contributed by atoms with E-state index in [0.717, 1.165) is 12.0 Å². The standard InChI is InChI=1S/C12H23N/c1-3-4-5-8-12-9-6-7-11(2)10-13-12/h4-5,11-13H,3,6-10H2,1-2H3/b5-4-. The average Bonchev–Trinajstić information content (AvgIpc) is 2.32. The van der Waals surface area contributed by atoms with Crippen LogP contribution in [-0.4, -0.2) is 12.6 Å². The molecule has 0 saturated carbocycles. The van der Waals surface area contributed by atoms with Crippen LogP contribution < -0.4 is 5.32 Å². The van der Waals surface area contributed by atoms with E-state index in [4.69, 9.17) is 0 Å². The van der Waals surface area contributed by atoms with E-state index in [-0.39, 0.29) is 0 Å². The summed E-state index contributed by atoms with van der Waals surface area (Å²) in [5.41, 5.74) is 0. The van der Waals surface area contributed by atoms with Crippen LogP contribution in [0.5, 0.6) is 0 Å². The number of rotatable bonds is 3. The number of allylic oxidation sites excluding steroid dienone is 1. The van der Waals surface area contributed by atoms with Gasteiger partial charge in [0.25, 0.3) is 0 Å². The van der Waals surface area contributed by atoms with Gasteiger partial charge in [-0.1, -0.05) is 32.4 Å².